The third-order valence-electron chi connectivity index (χ3n) is 4.70. The minimum Gasteiger partial charge on any atom is -0.364 e. The van der Waals surface area contributed by atoms with Crippen LogP contribution in [-0.4, -0.2) is 24.7 Å². The Morgan fingerprint density at radius 1 is 1.29 bits per heavy atom. The zero-order valence-electron chi connectivity index (χ0n) is 14.0. The second-order valence-corrected chi connectivity index (χ2v) is 6.78. The van der Waals surface area contributed by atoms with E-state index in [-0.39, 0.29) is 24.4 Å². The summed E-state index contributed by atoms with van der Waals surface area (Å²) in [7, 11) is 0. The van der Waals surface area contributed by atoms with E-state index in [1.165, 1.54) is 0 Å². The molecule has 0 bridgehead atoms. The van der Waals surface area contributed by atoms with Gasteiger partial charge in [0.25, 0.3) is 0 Å². The lowest BCUT2D eigenvalue weighted by Crippen LogP contribution is -2.49. The summed E-state index contributed by atoms with van der Waals surface area (Å²) in [5, 5.41) is 4.17. The first kappa shape index (κ1) is 21.5. The fourth-order valence-electron chi connectivity index (χ4n) is 3.09. The van der Waals surface area contributed by atoms with Gasteiger partial charge in [0, 0.05) is 6.54 Å². The molecule has 0 spiro atoms. The standard InChI is InChI=1S/C17H24Cl2N2O2.ClH/c1-3-17(4-2,11-5-7-13(18)14(19)9-11)21-16(22)15-8-6-12(10-20)23-15;/h5,7,9,12,15H,3-4,6,8,10,20H2,1-2H3,(H,21,22);1H/t12-,15+;/m1./s1. The van der Waals surface area contributed by atoms with E-state index in [1.54, 1.807) is 6.07 Å². The molecule has 0 aromatic heterocycles. The summed E-state index contributed by atoms with van der Waals surface area (Å²) < 4.78 is 5.70. The quantitative estimate of drug-likeness (QED) is 0.763. The molecule has 1 aromatic rings. The molecule has 2 atom stereocenters. The van der Waals surface area contributed by atoms with E-state index in [2.05, 4.69) is 5.32 Å². The molecule has 1 aliphatic heterocycles. The van der Waals surface area contributed by atoms with Crippen LogP contribution in [-0.2, 0) is 15.1 Å². The molecular formula is C17H25Cl3N2O2. The second-order valence-electron chi connectivity index (χ2n) is 5.97. The number of hydrogen-bond acceptors (Lipinski definition) is 3. The second kappa shape index (κ2) is 9.25. The van der Waals surface area contributed by atoms with Crippen LogP contribution in [0.15, 0.2) is 18.2 Å². The molecule has 1 saturated heterocycles. The Hall–Kier alpha value is -0.520. The third kappa shape index (κ3) is 4.55. The molecule has 1 aliphatic rings. The molecule has 3 N–H and O–H groups in total. The van der Waals surface area contributed by atoms with Gasteiger partial charge in [-0.3, -0.25) is 4.79 Å². The number of nitrogens with two attached hydrogens (primary N) is 1. The summed E-state index contributed by atoms with van der Waals surface area (Å²) in [5.41, 5.74) is 6.09. The molecule has 1 amide bonds. The highest BCUT2D eigenvalue weighted by atomic mass is 35.5. The van der Waals surface area contributed by atoms with Gasteiger partial charge in [0.05, 0.1) is 21.7 Å². The zero-order valence-corrected chi connectivity index (χ0v) is 16.3. The van der Waals surface area contributed by atoms with Crippen LogP contribution in [0.1, 0.15) is 45.1 Å². The van der Waals surface area contributed by atoms with Crippen molar-refractivity contribution in [1.82, 2.24) is 5.32 Å². The molecule has 1 fully saturated rings. The van der Waals surface area contributed by atoms with Crippen LogP contribution in [0.2, 0.25) is 10.0 Å². The van der Waals surface area contributed by atoms with Gasteiger partial charge in [-0.1, -0.05) is 43.1 Å². The fourth-order valence-corrected chi connectivity index (χ4v) is 3.39. The maximum absolute atomic E-state index is 12.6. The van der Waals surface area contributed by atoms with Crippen LogP contribution in [0.4, 0.5) is 0 Å². The lowest BCUT2D eigenvalue weighted by molar-refractivity contribution is -0.134. The number of ether oxygens (including phenoxy) is 1. The van der Waals surface area contributed by atoms with Crippen molar-refractivity contribution in [2.24, 2.45) is 5.73 Å². The Kier molecular flexibility index (Phi) is 8.30. The van der Waals surface area contributed by atoms with Gasteiger partial charge in [0.2, 0.25) is 5.91 Å². The van der Waals surface area contributed by atoms with Crippen LogP contribution in [0, 0.1) is 0 Å². The lowest BCUT2D eigenvalue weighted by Gasteiger charge is -2.34. The van der Waals surface area contributed by atoms with Crippen LogP contribution < -0.4 is 11.1 Å². The number of nitrogens with one attached hydrogen (secondary N) is 1. The largest absolute Gasteiger partial charge is 0.364 e. The Balaban J connectivity index is 0.00000288. The maximum atomic E-state index is 12.6. The molecule has 0 saturated carbocycles. The summed E-state index contributed by atoms with van der Waals surface area (Å²) in [6, 6.07) is 5.51. The summed E-state index contributed by atoms with van der Waals surface area (Å²) in [6.07, 6.45) is 2.59. The first-order chi connectivity index (χ1) is 11.0. The van der Waals surface area contributed by atoms with Crippen molar-refractivity contribution in [3.63, 3.8) is 0 Å². The summed E-state index contributed by atoms with van der Waals surface area (Å²) in [4.78, 5) is 12.6. The number of benzene rings is 1. The Morgan fingerprint density at radius 2 is 1.96 bits per heavy atom. The van der Waals surface area contributed by atoms with Gasteiger partial charge in [-0.05, 0) is 43.4 Å². The average Bonchev–Trinajstić information content (AvgIpc) is 3.04. The van der Waals surface area contributed by atoms with E-state index in [0.29, 0.717) is 23.0 Å². The molecule has 0 aliphatic carbocycles. The zero-order chi connectivity index (χ0) is 17.0. The Morgan fingerprint density at radius 3 is 2.46 bits per heavy atom. The highest BCUT2D eigenvalue weighted by Crippen LogP contribution is 2.34. The van der Waals surface area contributed by atoms with Gasteiger partial charge in [0.15, 0.2) is 0 Å². The van der Waals surface area contributed by atoms with Crippen molar-refractivity contribution in [1.29, 1.82) is 0 Å². The number of halogens is 3. The normalized spacial score (nSPS) is 20.5. The van der Waals surface area contributed by atoms with E-state index in [1.807, 2.05) is 26.0 Å². The van der Waals surface area contributed by atoms with Crippen LogP contribution in [0.25, 0.3) is 0 Å². The summed E-state index contributed by atoms with van der Waals surface area (Å²) in [6.45, 7) is 4.54. The number of hydrogen-bond donors (Lipinski definition) is 2. The van der Waals surface area contributed by atoms with E-state index in [9.17, 15) is 4.79 Å². The minimum absolute atomic E-state index is 0. The van der Waals surface area contributed by atoms with Gasteiger partial charge in [-0.15, -0.1) is 12.4 Å². The molecule has 7 heteroatoms. The first-order valence-electron chi connectivity index (χ1n) is 8.08. The van der Waals surface area contributed by atoms with Crippen molar-refractivity contribution >= 4 is 41.5 Å². The fraction of sp³-hybridized carbons (Fsp3) is 0.588. The van der Waals surface area contributed by atoms with E-state index in [0.717, 1.165) is 24.8 Å². The number of rotatable bonds is 6. The van der Waals surface area contributed by atoms with Gasteiger partial charge in [-0.2, -0.15) is 0 Å². The van der Waals surface area contributed by atoms with Crippen LogP contribution in [0.5, 0.6) is 0 Å². The van der Waals surface area contributed by atoms with Crippen molar-refractivity contribution < 1.29 is 9.53 Å². The van der Waals surface area contributed by atoms with Gasteiger partial charge in [0.1, 0.15) is 6.10 Å². The van der Waals surface area contributed by atoms with Gasteiger partial charge >= 0.3 is 0 Å². The van der Waals surface area contributed by atoms with Crippen LogP contribution >= 0.6 is 35.6 Å². The van der Waals surface area contributed by atoms with Crippen LogP contribution in [0.3, 0.4) is 0 Å². The maximum Gasteiger partial charge on any atom is 0.249 e. The average molecular weight is 396 g/mol. The molecule has 1 aromatic carbocycles. The van der Waals surface area contributed by atoms with Crippen molar-refractivity contribution in [3.05, 3.63) is 33.8 Å². The molecule has 2 rings (SSSR count). The molecule has 4 nitrogen and oxygen atoms in total. The highest BCUT2D eigenvalue weighted by Gasteiger charge is 2.36. The SMILES string of the molecule is CCC(CC)(NC(=O)[C@@H]1CC[C@H](CN)O1)c1ccc(Cl)c(Cl)c1.Cl. The predicted octanol–water partition coefficient (Wildman–Crippen LogP) is 4.05. The molecular weight excluding hydrogens is 371 g/mol. The topological polar surface area (TPSA) is 64.4 Å². The summed E-state index contributed by atoms with van der Waals surface area (Å²) in [5.74, 6) is -0.0873. The molecule has 0 radical (unpaired) electrons. The van der Waals surface area contributed by atoms with E-state index in [4.69, 9.17) is 33.7 Å². The van der Waals surface area contributed by atoms with Crippen molar-refractivity contribution in [2.45, 2.75) is 57.3 Å². The highest BCUT2D eigenvalue weighted by molar-refractivity contribution is 6.42. The number of amides is 1. The lowest BCUT2D eigenvalue weighted by atomic mass is 9.84. The van der Waals surface area contributed by atoms with Gasteiger partial charge in [-0.25, -0.2) is 0 Å². The number of carbonyl (C=O) groups excluding carboxylic acids is 1. The van der Waals surface area contributed by atoms with E-state index >= 15 is 0 Å². The van der Waals surface area contributed by atoms with Crippen molar-refractivity contribution in [2.75, 3.05) is 6.54 Å². The minimum atomic E-state index is -0.477. The third-order valence-corrected chi connectivity index (χ3v) is 5.44. The molecule has 24 heavy (non-hydrogen) atoms. The summed E-state index contributed by atoms with van der Waals surface area (Å²) >= 11 is 12.2. The smallest absolute Gasteiger partial charge is 0.249 e. The molecule has 0 unspecified atom stereocenters. The van der Waals surface area contributed by atoms with Crippen molar-refractivity contribution in [3.8, 4) is 0 Å². The Bertz CT molecular complexity index is 565. The predicted molar refractivity (Wildman–Crippen MR) is 101 cm³/mol. The van der Waals surface area contributed by atoms with Gasteiger partial charge < -0.3 is 15.8 Å². The van der Waals surface area contributed by atoms with E-state index < -0.39 is 11.6 Å². The monoisotopic (exact) mass is 394 g/mol. The molecule has 136 valence electrons. The first-order valence-corrected chi connectivity index (χ1v) is 8.84. The Labute approximate surface area is 159 Å². The number of carbonyl (C=O) groups is 1. The molecule has 1 heterocycles.